The first-order chi connectivity index (χ1) is 9.38. The molecule has 7 heteroatoms. The average Bonchev–Trinajstić information content (AvgIpc) is 2.82. The Kier molecular flexibility index (Phi) is 4.42. The number of sulfonamides is 1. The molecule has 1 saturated heterocycles. The molecule has 0 unspecified atom stereocenters. The Morgan fingerprint density at radius 3 is 2.80 bits per heavy atom. The highest BCUT2D eigenvalue weighted by molar-refractivity contribution is 7.89. The fourth-order valence-electron chi connectivity index (χ4n) is 2.31. The van der Waals surface area contributed by atoms with Crippen molar-refractivity contribution in [1.82, 2.24) is 10.6 Å². The summed E-state index contributed by atoms with van der Waals surface area (Å²) in [6.07, 6.45) is 0. The highest BCUT2D eigenvalue weighted by Gasteiger charge is 2.29. The van der Waals surface area contributed by atoms with Crippen molar-refractivity contribution >= 4 is 15.9 Å². The molecule has 0 radical (unpaired) electrons. The highest BCUT2D eigenvalue weighted by Crippen LogP contribution is 2.16. The molecule has 1 heterocycles. The van der Waals surface area contributed by atoms with E-state index in [9.17, 15) is 13.2 Å². The third-order valence-corrected chi connectivity index (χ3v) is 4.46. The number of hydrogen-bond acceptors (Lipinski definition) is 4. The fourth-order valence-corrected chi connectivity index (χ4v) is 2.90. The van der Waals surface area contributed by atoms with Gasteiger partial charge >= 0.3 is 0 Å². The molecule has 1 aliphatic rings. The molecular weight excluding hydrogens is 278 g/mol. The number of nitrogens with one attached hydrogen (secondary N) is 2. The van der Waals surface area contributed by atoms with Gasteiger partial charge in [0.2, 0.25) is 15.9 Å². The van der Waals surface area contributed by atoms with E-state index in [1.165, 1.54) is 12.1 Å². The van der Waals surface area contributed by atoms with Gasteiger partial charge in [0.1, 0.15) is 0 Å². The molecular formula is C13H19N3O3S. The Balaban J connectivity index is 1.99. The van der Waals surface area contributed by atoms with Crippen LogP contribution < -0.4 is 15.8 Å². The van der Waals surface area contributed by atoms with Crippen LogP contribution in [0, 0.1) is 11.8 Å². The van der Waals surface area contributed by atoms with Gasteiger partial charge in [0.05, 0.1) is 10.8 Å². The Bertz CT molecular complexity index is 601. The number of rotatable bonds is 4. The van der Waals surface area contributed by atoms with Crippen LogP contribution in [-0.4, -0.2) is 27.4 Å². The lowest BCUT2D eigenvalue weighted by atomic mass is 9.97. The normalized spacial score (nSPS) is 22.7. The van der Waals surface area contributed by atoms with Crippen LogP contribution in [0.1, 0.15) is 12.5 Å². The maximum Gasteiger partial charge on any atom is 0.238 e. The number of benzene rings is 1. The molecule has 1 fully saturated rings. The predicted molar refractivity (Wildman–Crippen MR) is 75.2 cm³/mol. The topological polar surface area (TPSA) is 101 Å². The third kappa shape index (κ3) is 3.56. The van der Waals surface area contributed by atoms with Crippen molar-refractivity contribution < 1.29 is 13.2 Å². The quantitative estimate of drug-likeness (QED) is 0.716. The van der Waals surface area contributed by atoms with E-state index < -0.39 is 10.0 Å². The van der Waals surface area contributed by atoms with Gasteiger partial charge in [-0.05, 0) is 30.2 Å². The van der Waals surface area contributed by atoms with Crippen molar-refractivity contribution in [3.8, 4) is 0 Å². The van der Waals surface area contributed by atoms with Crippen LogP contribution in [0.25, 0.3) is 0 Å². The van der Waals surface area contributed by atoms with Gasteiger partial charge in [-0.25, -0.2) is 13.6 Å². The smallest absolute Gasteiger partial charge is 0.238 e. The van der Waals surface area contributed by atoms with Crippen LogP contribution in [-0.2, 0) is 21.4 Å². The van der Waals surface area contributed by atoms with E-state index >= 15 is 0 Å². The molecule has 2 atom stereocenters. The molecule has 1 aromatic carbocycles. The predicted octanol–water partition coefficient (Wildman–Crippen LogP) is -0.194. The van der Waals surface area contributed by atoms with Gasteiger partial charge < -0.3 is 10.6 Å². The lowest BCUT2D eigenvalue weighted by Gasteiger charge is -2.14. The largest absolute Gasteiger partial charge is 0.352 e. The Labute approximate surface area is 118 Å². The summed E-state index contributed by atoms with van der Waals surface area (Å²) in [5.74, 6) is 0.269. The van der Waals surface area contributed by atoms with Crippen molar-refractivity contribution in [2.24, 2.45) is 17.0 Å². The summed E-state index contributed by atoms with van der Waals surface area (Å²) in [5.41, 5.74) is 0.712. The van der Waals surface area contributed by atoms with Gasteiger partial charge in [0, 0.05) is 13.1 Å². The lowest BCUT2D eigenvalue weighted by Crippen LogP contribution is -2.33. The van der Waals surface area contributed by atoms with E-state index in [2.05, 4.69) is 10.6 Å². The molecule has 0 saturated carbocycles. The first-order valence-corrected chi connectivity index (χ1v) is 8.03. The van der Waals surface area contributed by atoms with Gasteiger partial charge in [0.25, 0.3) is 0 Å². The summed E-state index contributed by atoms with van der Waals surface area (Å²) >= 11 is 0. The molecule has 0 aromatic heterocycles. The van der Waals surface area contributed by atoms with E-state index in [1.54, 1.807) is 12.1 Å². The summed E-state index contributed by atoms with van der Waals surface area (Å²) in [6, 6.07) is 6.28. The van der Waals surface area contributed by atoms with Crippen molar-refractivity contribution in [3.63, 3.8) is 0 Å². The van der Waals surface area contributed by atoms with Crippen LogP contribution in [0.15, 0.2) is 29.2 Å². The zero-order valence-corrected chi connectivity index (χ0v) is 12.1. The summed E-state index contributed by atoms with van der Waals surface area (Å²) in [7, 11) is -3.71. The molecule has 6 nitrogen and oxygen atoms in total. The summed E-state index contributed by atoms with van der Waals surface area (Å²) in [6.45, 7) is 3.86. The van der Waals surface area contributed by atoms with Crippen LogP contribution in [0.5, 0.6) is 0 Å². The SMILES string of the molecule is C[C@@H]1CNC[C@H]1C(=O)NCc1cccc(S(N)(=O)=O)c1. The molecule has 1 aliphatic heterocycles. The van der Waals surface area contributed by atoms with E-state index in [0.29, 0.717) is 24.6 Å². The van der Waals surface area contributed by atoms with Crippen LogP contribution in [0.3, 0.4) is 0 Å². The Hall–Kier alpha value is -1.44. The second-order valence-electron chi connectivity index (χ2n) is 5.15. The average molecular weight is 297 g/mol. The second-order valence-corrected chi connectivity index (χ2v) is 6.71. The Morgan fingerprint density at radius 1 is 1.45 bits per heavy atom. The van der Waals surface area contributed by atoms with Gasteiger partial charge in [-0.2, -0.15) is 0 Å². The van der Waals surface area contributed by atoms with Gasteiger partial charge in [0.15, 0.2) is 0 Å². The number of carbonyl (C=O) groups excluding carboxylic acids is 1. The standard InChI is InChI=1S/C13H19N3O3S/c1-9-6-15-8-12(9)13(17)16-7-10-3-2-4-11(5-10)20(14,18)19/h2-5,9,12,15H,6-8H2,1H3,(H,16,17)(H2,14,18,19)/t9-,12-/m1/s1. The van der Waals surface area contributed by atoms with Crippen molar-refractivity contribution in [2.75, 3.05) is 13.1 Å². The zero-order valence-electron chi connectivity index (χ0n) is 11.3. The lowest BCUT2D eigenvalue weighted by molar-refractivity contribution is -0.125. The van der Waals surface area contributed by atoms with E-state index in [4.69, 9.17) is 5.14 Å². The van der Waals surface area contributed by atoms with Crippen molar-refractivity contribution in [3.05, 3.63) is 29.8 Å². The number of hydrogen-bond donors (Lipinski definition) is 3. The van der Waals surface area contributed by atoms with Gasteiger partial charge in [-0.1, -0.05) is 19.1 Å². The fraction of sp³-hybridized carbons (Fsp3) is 0.462. The third-order valence-electron chi connectivity index (χ3n) is 3.55. The van der Waals surface area contributed by atoms with Gasteiger partial charge in [-0.15, -0.1) is 0 Å². The molecule has 20 heavy (non-hydrogen) atoms. The number of nitrogens with two attached hydrogens (primary N) is 1. The number of amides is 1. The monoisotopic (exact) mass is 297 g/mol. The molecule has 2 rings (SSSR count). The van der Waals surface area contributed by atoms with Gasteiger partial charge in [-0.3, -0.25) is 4.79 Å². The van der Waals surface area contributed by atoms with Crippen LogP contribution in [0.4, 0.5) is 0 Å². The molecule has 110 valence electrons. The summed E-state index contributed by atoms with van der Waals surface area (Å²) < 4.78 is 22.5. The Morgan fingerprint density at radius 2 is 2.20 bits per heavy atom. The van der Waals surface area contributed by atoms with E-state index in [0.717, 1.165) is 6.54 Å². The number of primary sulfonamides is 1. The first kappa shape index (κ1) is 15.0. The molecule has 1 amide bonds. The maximum absolute atomic E-state index is 12.0. The van der Waals surface area contributed by atoms with Crippen LogP contribution in [0.2, 0.25) is 0 Å². The summed E-state index contributed by atoms with van der Waals surface area (Å²) in [4.78, 5) is 12.1. The molecule has 0 bridgehead atoms. The van der Waals surface area contributed by atoms with Crippen molar-refractivity contribution in [1.29, 1.82) is 0 Å². The highest BCUT2D eigenvalue weighted by atomic mass is 32.2. The minimum absolute atomic E-state index is 0.0106. The molecule has 0 spiro atoms. The molecule has 4 N–H and O–H groups in total. The second kappa shape index (κ2) is 5.90. The van der Waals surface area contributed by atoms with Crippen molar-refractivity contribution in [2.45, 2.75) is 18.4 Å². The van der Waals surface area contributed by atoms with E-state index in [-0.39, 0.29) is 16.7 Å². The first-order valence-electron chi connectivity index (χ1n) is 6.48. The molecule has 1 aromatic rings. The zero-order chi connectivity index (χ0) is 14.8. The van der Waals surface area contributed by atoms with Crippen LogP contribution >= 0.6 is 0 Å². The maximum atomic E-state index is 12.0. The van der Waals surface area contributed by atoms with E-state index in [1.807, 2.05) is 6.92 Å². The summed E-state index contributed by atoms with van der Waals surface area (Å²) in [5, 5.41) is 11.1. The minimum Gasteiger partial charge on any atom is -0.352 e. The minimum atomic E-state index is -3.71. The number of carbonyl (C=O) groups is 1. The molecule has 0 aliphatic carbocycles.